The Labute approximate surface area is 167 Å². The van der Waals surface area contributed by atoms with Crippen LogP contribution >= 0.6 is 0 Å². The zero-order chi connectivity index (χ0) is 20.8. The molecule has 3 unspecified atom stereocenters. The van der Waals surface area contributed by atoms with Gasteiger partial charge in [-0.25, -0.2) is 4.79 Å². The summed E-state index contributed by atoms with van der Waals surface area (Å²) in [5, 5.41) is 11.6. The first-order valence-electron chi connectivity index (χ1n) is 10.1. The number of hydrogen-bond acceptors (Lipinski definition) is 7. The number of amides is 1. The molecule has 1 aliphatic rings. The molecule has 0 bridgehead atoms. The highest BCUT2D eigenvalue weighted by Crippen LogP contribution is 2.18. The molecule has 0 saturated carbocycles. The summed E-state index contributed by atoms with van der Waals surface area (Å²) in [6.07, 6.45) is 7.90. The summed E-state index contributed by atoms with van der Waals surface area (Å²) in [6.45, 7) is 2.22. The van der Waals surface area contributed by atoms with Crippen LogP contribution in [0.25, 0.3) is 0 Å². The molecule has 1 saturated heterocycles. The topological polar surface area (TPSA) is 131 Å². The summed E-state index contributed by atoms with van der Waals surface area (Å²) in [7, 11) is -4.30. The second-order valence-corrected chi connectivity index (χ2v) is 8.66. The number of aliphatic hydroxyl groups excluding tert-OH is 1. The zero-order valence-electron chi connectivity index (χ0n) is 16.7. The van der Waals surface area contributed by atoms with E-state index >= 15 is 0 Å². The number of unbranched alkanes of at least 4 members (excludes halogenated alkanes) is 7. The van der Waals surface area contributed by atoms with Gasteiger partial charge in [-0.2, -0.15) is 8.42 Å². The first kappa shape index (κ1) is 25.1. The second kappa shape index (κ2) is 14.1. The molecule has 0 spiro atoms. The lowest BCUT2D eigenvalue weighted by molar-refractivity contribution is -0.0710. The minimum atomic E-state index is -4.30. The van der Waals surface area contributed by atoms with E-state index < -0.39 is 28.1 Å². The van der Waals surface area contributed by atoms with Crippen molar-refractivity contribution in [2.75, 3.05) is 25.5 Å². The SMILES string of the molecule is CCCCCCCCCCC1OCC(COC(=O)NCC(O)CS(=O)(=O)O)O1. The van der Waals surface area contributed by atoms with Gasteiger partial charge < -0.3 is 24.6 Å². The predicted octanol–water partition coefficient (Wildman–Crippen LogP) is 2.23. The monoisotopic (exact) mass is 425 g/mol. The third kappa shape index (κ3) is 13.3. The third-order valence-corrected chi connectivity index (χ3v) is 5.20. The van der Waals surface area contributed by atoms with E-state index in [0.29, 0.717) is 6.61 Å². The fourth-order valence-electron chi connectivity index (χ4n) is 2.91. The maximum absolute atomic E-state index is 11.5. The number of carbonyl (C=O) groups is 1. The van der Waals surface area contributed by atoms with Gasteiger partial charge in [0.1, 0.15) is 18.5 Å². The van der Waals surface area contributed by atoms with E-state index in [2.05, 4.69) is 12.2 Å². The highest BCUT2D eigenvalue weighted by atomic mass is 32.2. The quantitative estimate of drug-likeness (QED) is 0.269. The van der Waals surface area contributed by atoms with Crippen LogP contribution in [0.3, 0.4) is 0 Å². The van der Waals surface area contributed by atoms with E-state index in [4.69, 9.17) is 18.8 Å². The number of rotatable bonds is 15. The standard InChI is InChI=1S/C18H35NO8S/c1-2-3-4-5-6-7-8-9-10-17-25-12-16(27-17)13-26-18(21)19-11-15(20)14-28(22,23)24/h15-17,20H,2-14H2,1H3,(H,19,21)(H,22,23,24). The van der Waals surface area contributed by atoms with Crippen LogP contribution in [0, 0.1) is 0 Å². The first-order chi connectivity index (χ1) is 13.3. The van der Waals surface area contributed by atoms with Gasteiger partial charge >= 0.3 is 6.09 Å². The molecule has 1 fully saturated rings. The van der Waals surface area contributed by atoms with Gasteiger partial charge in [-0.3, -0.25) is 4.55 Å². The van der Waals surface area contributed by atoms with E-state index in [1.165, 1.54) is 38.5 Å². The first-order valence-corrected chi connectivity index (χ1v) is 11.7. The van der Waals surface area contributed by atoms with E-state index in [1.54, 1.807) is 0 Å². The Hall–Kier alpha value is -0.940. The van der Waals surface area contributed by atoms with Crippen LogP contribution in [0.15, 0.2) is 0 Å². The van der Waals surface area contributed by atoms with Gasteiger partial charge in [0.15, 0.2) is 6.29 Å². The molecule has 0 aromatic heterocycles. The molecule has 0 aromatic rings. The fourth-order valence-corrected chi connectivity index (χ4v) is 3.52. The molecule has 3 N–H and O–H groups in total. The molecule has 1 heterocycles. The minimum absolute atomic E-state index is 0.00809. The van der Waals surface area contributed by atoms with Gasteiger partial charge in [-0.1, -0.05) is 51.9 Å². The number of nitrogens with one attached hydrogen (secondary N) is 1. The van der Waals surface area contributed by atoms with Crippen molar-refractivity contribution in [2.45, 2.75) is 83.2 Å². The highest BCUT2D eigenvalue weighted by molar-refractivity contribution is 7.85. The molecule has 0 radical (unpaired) electrons. The highest BCUT2D eigenvalue weighted by Gasteiger charge is 2.26. The summed E-state index contributed by atoms with van der Waals surface area (Å²) < 4.78 is 46.0. The molecule has 1 amide bonds. The van der Waals surface area contributed by atoms with Crippen LogP contribution in [0.4, 0.5) is 4.79 Å². The Bertz CT molecular complexity index is 528. The Morgan fingerprint density at radius 1 is 1.18 bits per heavy atom. The number of aliphatic hydroxyl groups is 1. The van der Waals surface area contributed by atoms with Crippen LogP contribution in [-0.2, 0) is 24.3 Å². The van der Waals surface area contributed by atoms with Crippen molar-refractivity contribution in [3.63, 3.8) is 0 Å². The van der Waals surface area contributed by atoms with E-state index in [0.717, 1.165) is 19.3 Å². The number of hydrogen-bond donors (Lipinski definition) is 3. The zero-order valence-corrected chi connectivity index (χ0v) is 17.5. The van der Waals surface area contributed by atoms with E-state index in [1.807, 2.05) is 0 Å². The fraction of sp³-hybridized carbons (Fsp3) is 0.944. The largest absolute Gasteiger partial charge is 0.447 e. The van der Waals surface area contributed by atoms with Gasteiger partial charge in [-0.05, 0) is 12.8 Å². The maximum atomic E-state index is 11.5. The molecular weight excluding hydrogens is 390 g/mol. The molecule has 10 heteroatoms. The molecule has 28 heavy (non-hydrogen) atoms. The number of ether oxygens (including phenoxy) is 3. The minimum Gasteiger partial charge on any atom is -0.447 e. The van der Waals surface area contributed by atoms with Gasteiger partial charge in [0.05, 0.1) is 12.7 Å². The van der Waals surface area contributed by atoms with Crippen molar-refractivity contribution in [3.8, 4) is 0 Å². The number of carbonyl (C=O) groups excluding carboxylic acids is 1. The van der Waals surface area contributed by atoms with Crippen molar-refractivity contribution in [1.82, 2.24) is 5.32 Å². The molecular formula is C18H35NO8S. The number of alkyl carbamates (subject to hydrolysis) is 1. The van der Waals surface area contributed by atoms with E-state index in [9.17, 15) is 18.3 Å². The van der Waals surface area contributed by atoms with E-state index in [-0.39, 0.29) is 25.5 Å². The van der Waals surface area contributed by atoms with Crippen molar-refractivity contribution < 1.29 is 37.1 Å². The van der Waals surface area contributed by atoms with Crippen LogP contribution in [0.1, 0.15) is 64.7 Å². The molecule has 1 aliphatic heterocycles. The molecule has 166 valence electrons. The Balaban J connectivity index is 2.02. The Morgan fingerprint density at radius 3 is 2.46 bits per heavy atom. The van der Waals surface area contributed by atoms with Crippen LogP contribution in [0.5, 0.6) is 0 Å². The summed E-state index contributed by atoms with van der Waals surface area (Å²) in [5.41, 5.74) is 0. The van der Waals surface area contributed by atoms with Crippen molar-refractivity contribution in [2.24, 2.45) is 0 Å². The maximum Gasteiger partial charge on any atom is 0.407 e. The lowest BCUT2D eigenvalue weighted by atomic mass is 10.1. The third-order valence-electron chi connectivity index (χ3n) is 4.39. The van der Waals surface area contributed by atoms with Crippen molar-refractivity contribution >= 4 is 16.2 Å². The summed E-state index contributed by atoms with van der Waals surface area (Å²) in [6, 6.07) is 0. The Morgan fingerprint density at radius 2 is 1.82 bits per heavy atom. The molecule has 9 nitrogen and oxygen atoms in total. The normalized spacial score (nSPS) is 20.8. The average molecular weight is 426 g/mol. The summed E-state index contributed by atoms with van der Waals surface area (Å²) in [5.74, 6) is -0.854. The average Bonchev–Trinajstić information content (AvgIpc) is 3.07. The Kier molecular flexibility index (Phi) is 12.6. The predicted molar refractivity (Wildman–Crippen MR) is 104 cm³/mol. The molecule has 1 rings (SSSR count). The van der Waals surface area contributed by atoms with Gasteiger partial charge in [0.2, 0.25) is 0 Å². The van der Waals surface area contributed by atoms with Crippen LogP contribution < -0.4 is 5.32 Å². The molecule has 3 atom stereocenters. The lowest BCUT2D eigenvalue weighted by Crippen LogP contribution is -2.37. The molecule has 0 aromatic carbocycles. The van der Waals surface area contributed by atoms with Crippen LogP contribution in [-0.4, -0.2) is 68.2 Å². The van der Waals surface area contributed by atoms with Gasteiger partial charge in [0, 0.05) is 6.54 Å². The summed E-state index contributed by atoms with van der Waals surface area (Å²) in [4.78, 5) is 11.5. The molecule has 0 aliphatic carbocycles. The smallest absolute Gasteiger partial charge is 0.407 e. The van der Waals surface area contributed by atoms with Crippen molar-refractivity contribution in [3.05, 3.63) is 0 Å². The van der Waals surface area contributed by atoms with Crippen LogP contribution in [0.2, 0.25) is 0 Å². The lowest BCUT2D eigenvalue weighted by Gasteiger charge is -2.13. The van der Waals surface area contributed by atoms with Gasteiger partial charge in [-0.15, -0.1) is 0 Å². The van der Waals surface area contributed by atoms with Crippen molar-refractivity contribution in [1.29, 1.82) is 0 Å². The second-order valence-electron chi connectivity index (χ2n) is 7.17. The van der Waals surface area contributed by atoms with Gasteiger partial charge in [0.25, 0.3) is 10.1 Å². The summed E-state index contributed by atoms with van der Waals surface area (Å²) >= 11 is 0.